The van der Waals surface area contributed by atoms with E-state index in [9.17, 15) is 9.59 Å². The Bertz CT molecular complexity index is 434. The van der Waals surface area contributed by atoms with Gasteiger partial charge in [0.2, 0.25) is 5.91 Å². The molecule has 0 bridgehead atoms. The highest BCUT2D eigenvalue weighted by Crippen LogP contribution is 2.22. The Morgan fingerprint density at radius 1 is 1.26 bits per heavy atom. The lowest BCUT2D eigenvalue weighted by atomic mass is 10.0. The number of ether oxygens (including phenoxy) is 1. The minimum atomic E-state index is -0.554. The minimum absolute atomic E-state index is 0.0869. The van der Waals surface area contributed by atoms with E-state index in [-0.39, 0.29) is 18.6 Å². The van der Waals surface area contributed by atoms with E-state index in [1.54, 1.807) is 0 Å². The summed E-state index contributed by atoms with van der Waals surface area (Å²) in [6.07, 6.45) is 2.20. The summed E-state index contributed by atoms with van der Waals surface area (Å²) in [5, 5.41) is 12.1. The van der Waals surface area contributed by atoms with Gasteiger partial charge in [0, 0.05) is 25.7 Å². The summed E-state index contributed by atoms with van der Waals surface area (Å²) in [7, 11) is 0. The van der Waals surface area contributed by atoms with Crippen molar-refractivity contribution in [3.05, 3.63) is 0 Å². The van der Waals surface area contributed by atoms with Crippen LogP contribution in [-0.4, -0.2) is 77.4 Å². The molecule has 2 heterocycles. The van der Waals surface area contributed by atoms with Crippen molar-refractivity contribution in [3.63, 3.8) is 0 Å². The molecule has 2 saturated heterocycles. The van der Waals surface area contributed by atoms with E-state index in [1.807, 2.05) is 20.8 Å². The Labute approximate surface area is 138 Å². The van der Waals surface area contributed by atoms with Gasteiger partial charge in [-0.2, -0.15) is 0 Å². The van der Waals surface area contributed by atoms with E-state index in [0.717, 1.165) is 25.9 Å². The smallest absolute Gasteiger partial charge is 0.410 e. The van der Waals surface area contributed by atoms with Crippen LogP contribution in [0.3, 0.4) is 0 Å². The second kappa shape index (κ2) is 7.49. The molecule has 2 fully saturated rings. The van der Waals surface area contributed by atoms with E-state index in [4.69, 9.17) is 9.84 Å². The van der Waals surface area contributed by atoms with Crippen LogP contribution < -0.4 is 5.32 Å². The molecule has 2 atom stereocenters. The van der Waals surface area contributed by atoms with E-state index in [1.165, 1.54) is 4.90 Å². The average molecular weight is 327 g/mol. The monoisotopic (exact) mass is 327 g/mol. The molecule has 7 nitrogen and oxygen atoms in total. The number of nitrogens with one attached hydrogen (secondary N) is 1. The van der Waals surface area contributed by atoms with Gasteiger partial charge in [0.05, 0.1) is 6.61 Å². The maximum Gasteiger partial charge on any atom is 0.410 e. The summed E-state index contributed by atoms with van der Waals surface area (Å²) in [5.41, 5.74) is -0.554. The van der Waals surface area contributed by atoms with E-state index < -0.39 is 17.7 Å². The highest BCUT2D eigenvalue weighted by Gasteiger charge is 2.40. The van der Waals surface area contributed by atoms with Crippen LogP contribution in [0.5, 0.6) is 0 Å². The summed E-state index contributed by atoms with van der Waals surface area (Å²) in [4.78, 5) is 28.1. The van der Waals surface area contributed by atoms with Gasteiger partial charge in [-0.25, -0.2) is 4.79 Å². The largest absolute Gasteiger partial charge is 0.444 e. The number of carbonyl (C=O) groups is 2. The normalized spacial score (nSPS) is 25.7. The number of β-amino-alcohol motifs (C(OH)–C–C–N with tert-alkyl or cyclic N) is 1. The molecule has 2 aliphatic rings. The number of rotatable bonds is 4. The summed E-state index contributed by atoms with van der Waals surface area (Å²) >= 11 is 0. The maximum absolute atomic E-state index is 12.4. The second-order valence-corrected chi connectivity index (χ2v) is 7.35. The molecule has 0 radical (unpaired) electrons. The Morgan fingerprint density at radius 3 is 2.57 bits per heavy atom. The summed E-state index contributed by atoms with van der Waals surface area (Å²) < 4.78 is 5.33. The maximum atomic E-state index is 12.4. The fourth-order valence-corrected chi connectivity index (χ4v) is 3.01. The van der Waals surface area contributed by atoms with Gasteiger partial charge in [0.25, 0.3) is 0 Å². The topological polar surface area (TPSA) is 82.1 Å². The number of hydrogen-bond donors (Lipinski definition) is 2. The van der Waals surface area contributed by atoms with Crippen LogP contribution in [0.2, 0.25) is 0 Å². The lowest BCUT2D eigenvalue weighted by molar-refractivity contribution is -0.131. The zero-order valence-electron chi connectivity index (χ0n) is 14.4. The predicted molar refractivity (Wildman–Crippen MR) is 86.0 cm³/mol. The summed E-state index contributed by atoms with van der Waals surface area (Å²) in [5.74, 6) is -0.0991. The number of aliphatic hydroxyl groups is 1. The first kappa shape index (κ1) is 18.0. The number of carbonyl (C=O) groups excluding carboxylic acids is 2. The molecule has 0 spiro atoms. The van der Waals surface area contributed by atoms with Gasteiger partial charge < -0.3 is 15.2 Å². The third-order valence-electron chi connectivity index (χ3n) is 4.22. The van der Waals surface area contributed by atoms with Crippen molar-refractivity contribution in [1.29, 1.82) is 0 Å². The van der Waals surface area contributed by atoms with Crippen molar-refractivity contribution >= 4 is 12.0 Å². The molecule has 0 saturated carbocycles. The van der Waals surface area contributed by atoms with Crippen LogP contribution in [0.25, 0.3) is 0 Å². The number of nitrogens with zero attached hydrogens (tertiary/aromatic N) is 2. The van der Waals surface area contributed by atoms with Gasteiger partial charge in [-0.1, -0.05) is 0 Å². The number of amides is 2. The molecule has 0 aliphatic carbocycles. The van der Waals surface area contributed by atoms with Gasteiger partial charge in [0.1, 0.15) is 11.6 Å². The van der Waals surface area contributed by atoms with Gasteiger partial charge >= 0.3 is 6.09 Å². The molecule has 1 unspecified atom stereocenters. The van der Waals surface area contributed by atoms with Crippen LogP contribution in [0.4, 0.5) is 4.79 Å². The van der Waals surface area contributed by atoms with Gasteiger partial charge in [0.15, 0.2) is 0 Å². The van der Waals surface area contributed by atoms with Crippen molar-refractivity contribution in [2.75, 3.05) is 32.8 Å². The van der Waals surface area contributed by atoms with E-state index in [2.05, 4.69) is 10.2 Å². The Morgan fingerprint density at radius 2 is 2.00 bits per heavy atom. The summed E-state index contributed by atoms with van der Waals surface area (Å²) in [6.45, 7) is 8.50. The van der Waals surface area contributed by atoms with Crippen LogP contribution in [0, 0.1) is 0 Å². The predicted octanol–water partition coefficient (Wildman–Crippen LogP) is 0.569. The zero-order valence-corrected chi connectivity index (χ0v) is 14.4. The molecule has 0 aromatic rings. The van der Waals surface area contributed by atoms with Crippen molar-refractivity contribution in [3.8, 4) is 0 Å². The number of piperidine rings is 1. The van der Waals surface area contributed by atoms with Gasteiger partial charge in [-0.05, 0) is 46.6 Å². The lowest BCUT2D eigenvalue weighted by Crippen LogP contribution is -2.61. The average Bonchev–Trinajstić information content (AvgIpc) is 2.35. The van der Waals surface area contributed by atoms with Crippen molar-refractivity contribution in [2.24, 2.45) is 0 Å². The SMILES string of the molecule is CC(C)(C)OC(=O)N1CC[C@@H]1C(=O)NC1CCCN(CCO)C1. The molecular formula is C16H29N3O4. The van der Waals surface area contributed by atoms with Crippen molar-refractivity contribution in [1.82, 2.24) is 15.1 Å². The van der Waals surface area contributed by atoms with Crippen molar-refractivity contribution in [2.45, 2.75) is 57.7 Å². The van der Waals surface area contributed by atoms with Gasteiger partial charge in [-0.3, -0.25) is 14.6 Å². The Balaban J connectivity index is 1.82. The first-order chi connectivity index (χ1) is 10.8. The van der Waals surface area contributed by atoms with Gasteiger partial charge in [-0.15, -0.1) is 0 Å². The number of likely N-dealkylation sites (tertiary alicyclic amines) is 2. The Kier molecular flexibility index (Phi) is 5.86. The molecule has 2 N–H and O–H groups in total. The lowest BCUT2D eigenvalue weighted by Gasteiger charge is -2.41. The minimum Gasteiger partial charge on any atom is -0.444 e. The molecule has 2 aliphatic heterocycles. The van der Waals surface area contributed by atoms with Crippen LogP contribution >= 0.6 is 0 Å². The first-order valence-corrected chi connectivity index (χ1v) is 8.43. The second-order valence-electron chi connectivity index (χ2n) is 7.35. The quantitative estimate of drug-likeness (QED) is 0.789. The molecular weight excluding hydrogens is 298 g/mol. The first-order valence-electron chi connectivity index (χ1n) is 8.43. The van der Waals surface area contributed by atoms with Crippen molar-refractivity contribution < 1.29 is 19.4 Å². The molecule has 132 valence electrons. The summed E-state index contributed by atoms with van der Waals surface area (Å²) in [6, 6.07) is -0.332. The third kappa shape index (κ3) is 5.07. The molecule has 0 aromatic heterocycles. The van der Waals surface area contributed by atoms with Crippen LogP contribution in [-0.2, 0) is 9.53 Å². The van der Waals surface area contributed by atoms with Crippen LogP contribution in [0.1, 0.15) is 40.0 Å². The number of hydrogen-bond acceptors (Lipinski definition) is 5. The van der Waals surface area contributed by atoms with E-state index >= 15 is 0 Å². The third-order valence-corrected chi connectivity index (χ3v) is 4.22. The fourth-order valence-electron chi connectivity index (χ4n) is 3.01. The Hall–Kier alpha value is -1.34. The highest BCUT2D eigenvalue weighted by atomic mass is 16.6. The highest BCUT2D eigenvalue weighted by molar-refractivity contribution is 5.87. The zero-order chi connectivity index (χ0) is 17.0. The number of aliphatic hydroxyl groups excluding tert-OH is 1. The molecule has 23 heavy (non-hydrogen) atoms. The molecule has 0 aromatic carbocycles. The van der Waals surface area contributed by atoms with Crippen LogP contribution in [0.15, 0.2) is 0 Å². The molecule has 2 rings (SSSR count). The van der Waals surface area contributed by atoms with E-state index in [0.29, 0.717) is 19.5 Å². The fraction of sp³-hybridized carbons (Fsp3) is 0.875. The standard InChI is InChI=1S/C16H29N3O4/c1-16(2,3)23-15(22)19-8-6-13(19)14(21)17-12-5-4-7-18(11-12)9-10-20/h12-13,20H,4-11H2,1-3H3,(H,17,21)/t12?,13-/m1/s1. The molecule has 7 heteroatoms. The molecule has 2 amide bonds.